The Kier molecular flexibility index (Phi) is 4.91. The third kappa shape index (κ3) is 3.63. The van der Waals surface area contributed by atoms with E-state index in [-0.39, 0.29) is 0 Å². The summed E-state index contributed by atoms with van der Waals surface area (Å²) in [6.07, 6.45) is -0.443. The van der Waals surface area contributed by atoms with Crippen LogP contribution in [-0.2, 0) is 4.74 Å². The molecule has 5 heteroatoms. The first kappa shape index (κ1) is 16.2. The smallest absolute Gasteiger partial charge is 0.411 e. The van der Waals surface area contributed by atoms with E-state index in [0.29, 0.717) is 12.3 Å². The predicted octanol–water partition coefficient (Wildman–Crippen LogP) is 5.35. The van der Waals surface area contributed by atoms with Crippen LogP contribution in [0.4, 0.5) is 10.5 Å². The maximum Gasteiger partial charge on any atom is 0.411 e. The molecule has 3 rings (SSSR count). The average Bonchev–Trinajstić information content (AvgIpc) is 2.98. The molecule has 0 radical (unpaired) electrons. The Balaban J connectivity index is 1.82. The van der Waals surface area contributed by atoms with Gasteiger partial charge < -0.3 is 4.74 Å². The number of aryl methyl sites for hydroxylation is 1. The maximum atomic E-state index is 11.4. The highest BCUT2D eigenvalue weighted by molar-refractivity contribution is 7.15. The molecule has 0 saturated carbocycles. The molecular formula is C19H18N2O2S. The number of rotatable bonds is 4. The first-order valence-corrected chi connectivity index (χ1v) is 8.56. The van der Waals surface area contributed by atoms with Crippen LogP contribution in [-0.4, -0.2) is 17.7 Å². The standard InChI is InChI=1S/C19H18N2O2S/c1-3-23-19(22)20-16-11-9-14(10-12-16)17-13(2)24-18(21-17)15-7-5-4-6-8-15/h4-12H,3H2,1-2H3,(H,20,22). The molecule has 0 unspecified atom stereocenters. The molecule has 0 fully saturated rings. The number of ether oxygens (including phenoxy) is 1. The topological polar surface area (TPSA) is 51.2 Å². The lowest BCUT2D eigenvalue weighted by Gasteiger charge is -2.06. The number of carbonyl (C=O) groups excluding carboxylic acids is 1. The molecule has 1 heterocycles. The second kappa shape index (κ2) is 7.27. The second-order valence-corrected chi connectivity index (χ2v) is 6.42. The number of amides is 1. The highest BCUT2D eigenvalue weighted by Gasteiger charge is 2.11. The van der Waals surface area contributed by atoms with Gasteiger partial charge in [-0.05, 0) is 26.0 Å². The van der Waals surface area contributed by atoms with Crippen LogP contribution in [0, 0.1) is 6.92 Å². The number of aromatic nitrogens is 1. The molecule has 0 saturated heterocycles. The third-order valence-electron chi connectivity index (χ3n) is 3.50. The largest absolute Gasteiger partial charge is 0.450 e. The monoisotopic (exact) mass is 338 g/mol. The highest BCUT2D eigenvalue weighted by Crippen LogP contribution is 2.33. The summed E-state index contributed by atoms with van der Waals surface area (Å²) < 4.78 is 4.87. The van der Waals surface area contributed by atoms with E-state index in [4.69, 9.17) is 9.72 Å². The number of anilines is 1. The summed E-state index contributed by atoms with van der Waals surface area (Å²) in [7, 11) is 0. The Labute approximate surface area is 145 Å². The van der Waals surface area contributed by atoms with E-state index in [1.54, 1.807) is 18.3 Å². The quantitative estimate of drug-likeness (QED) is 0.697. The SMILES string of the molecule is CCOC(=O)Nc1ccc(-c2nc(-c3ccccc3)sc2C)cc1. The molecule has 24 heavy (non-hydrogen) atoms. The Morgan fingerprint density at radius 2 is 1.79 bits per heavy atom. The number of carbonyl (C=O) groups is 1. The van der Waals surface area contributed by atoms with Gasteiger partial charge in [-0.25, -0.2) is 9.78 Å². The highest BCUT2D eigenvalue weighted by atomic mass is 32.1. The fourth-order valence-electron chi connectivity index (χ4n) is 2.36. The third-order valence-corrected chi connectivity index (χ3v) is 4.52. The van der Waals surface area contributed by atoms with Crippen LogP contribution in [0.2, 0.25) is 0 Å². The van der Waals surface area contributed by atoms with Gasteiger partial charge in [-0.1, -0.05) is 42.5 Å². The lowest BCUT2D eigenvalue weighted by atomic mass is 10.1. The van der Waals surface area contributed by atoms with Crippen LogP contribution >= 0.6 is 11.3 Å². The Hall–Kier alpha value is -2.66. The molecule has 0 aliphatic heterocycles. The molecule has 0 aliphatic carbocycles. The van der Waals surface area contributed by atoms with Gasteiger partial charge in [0.1, 0.15) is 5.01 Å². The van der Waals surface area contributed by atoms with E-state index < -0.39 is 6.09 Å². The van der Waals surface area contributed by atoms with Crippen molar-refractivity contribution in [3.63, 3.8) is 0 Å². The molecule has 1 N–H and O–H groups in total. The van der Waals surface area contributed by atoms with E-state index in [9.17, 15) is 4.79 Å². The van der Waals surface area contributed by atoms with Gasteiger partial charge in [-0.15, -0.1) is 11.3 Å². The number of hydrogen-bond donors (Lipinski definition) is 1. The van der Waals surface area contributed by atoms with Gasteiger partial charge in [0, 0.05) is 21.7 Å². The van der Waals surface area contributed by atoms with Crippen molar-refractivity contribution in [2.24, 2.45) is 0 Å². The number of thiazole rings is 1. The molecule has 0 atom stereocenters. The number of benzene rings is 2. The van der Waals surface area contributed by atoms with Gasteiger partial charge >= 0.3 is 6.09 Å². The fraction of sp³-hybridized carbons (Fsp3) is 0.158. The normalized spacial score (nSPS) is 10.4. The van der Waals surface area contributed by atoms with Crippen molar-refractivity contribution < 1.29 is 9.53 Å². The molecule has 122 valence electrons. The first-order chi connectivity index (χ1) is 11.7. The van der Waals surface area contributed by atoms with Gasteiger partial charge in [0.2, 0.25) is 0 Å². The van der Waals surface area contributed by atoms with Gasteiger partial charge in [-0.2, -0.15) is 0 Å². The predicted molar refractivity (Wildman–Crippen MR) is 98.4 cm³/mol. The minimum absolute atomic E-state index is 0.351. The summed E-state index contributed by atoms with van der Waals surface area (Å²) >= 11 is 1.68. The summed E-state index contributed by atoms with van der Waals surface area (Å²) in [4.78, 5) is 17.4. The first-order valence-electron chi connectivity index (χ1n) is 7.74. The Morgan fingerprint density at radius 1 is 1.08 bits per heavy atom. The van der Waals surface area contributed by atoms with Crippen LogP contribution in [0.1, 0.15) is 11.8 Å². The van der Waals surface area contributed by atoms with Crippen LogP contribution in [0.15, 0.2) is 54.6 Å². The van der Waals surface area contributed by atoms with E-state index in [1.165, 1.54) is 4.88 Å². The number of hydrogen-bond acceptors (Lipinski definition) is 4. The zero-order chi connectivity index (χ0) is 16.9. The summed E-state index contributed by atoms with van der Waals surface area (Å²) in [5.41, 5.74) is 3.83. The summed E-state index contributed by atoms with van der Waals surface area (Å²) in [6.45, 7) is 4.20. The van der Waals surface area contributed by atoms with Crippen molar-refractivity contribution in [2.75, 3.05) is 11.9 Å². The number of nitrogens with zero attached hydrogens (tertiary/aromatic N) is 1. The van der Waals surface area contributed by atoms with Crippen molar-refractivity contribution in [1.29, 1.82) is 0 Å². The molecular weight excluding hydrogens is 320 g/mol. The van der Waals surface area contributed by atoms with Crippen molar-refractivity contribution in [1.82, 2.24) is 4.98 Å². The molecule has 0 bridgehead atoms. The second-order valence-electron chi connectivity index (χ2n) is 5.21. The zero-order valence-corrected chi connectivity index (χ0v) is 14.4. The molecule has 1 amide bonds. The van der Waals surface area contributed by atoms with Gasteiger partial charge in [-0.3, -0.25) is 5.32 Å². The van der Waals surface area contributed by atoms with Crippen LogP contribution < -0.4 is 5.32 Å². The van der Waals surface area contributed by atoms with Crippen LogP contribution in [0.3, 0.4) is 0 Å². The molecule has 0 aliphatic rings. The van der Waals surface area contributed by atoms with Crippen molar-refractivity contribution >= 4 is 23.1 Å². The fourth-order valence-corrected chi connectivity index (χ4v) is 3.31. The molecule has 2 aromatic carbocycles. The molecule has 1 aromatic heterocycles. The summed E-state index contributed by atoms with van der Waals surface area (Å²) in [5, 5.41) is 3.70. The van der Waals surface area contributed by atoms with Crippen molar-refractivity contribution in [2.45, 2.75) is 13.8 Å². The van der Waals surface area contributed by atoms with Gasteiger partial charge in [0.05, 0.1) is 12.3 Å². The molecule has 4 nitrogen and oxygen atoms in total. The van der Waals surface area contributed by atoms with Crippen LogP contribution in [0.25, 0.3) is 21.8 Å². The van der Waals surface area contributed by atoms with E-state index in [2.05, 4.69) is 24.4 Å². The van der Waals surface area contributed by atoms with E-state index in [1.807, 2.05) is 42.5 Å². The van der Waals surface area contributed by atoms with Crippen molar-refractivity contribution in [3.8, 4) is 21.8 Å². The van der Waals surface area contributed by atoms with Crippen LogP contribution in [0.5, 0.6) is 0 Å². The molecule has 3 aromatic rings. The lowest BCUT2D eigenvalue weighted by Crippen LogP contribution is -2.13. The molecule has 0 spiro atoms. The lowest BCUT2D eigenvalue weighted by molar-refractivity contribution is 0.168. The number of nitrogens with one attached hydrogen (secondary N) is 1. The zero-order valence-electron chi connectivity index (χ0n) is 13.6. The summed E-state index contributed by atoms with van der Waals surface area (Å²) in [6, 6.07) is 17.8. The minimum Gasteiger partial charge on any atom is -0.450 e. The summed E-state index contributed by atoms with van der Waals surface area (Å²) in [5.74, 6) is 0. The van der Waals surface area contributed by atoms with Gasteiger partial charge in [0.25, 0.3) is 0 Å². The average molecular weight is 338 g/mol. The maximum absolute atomic E-state index is 11.4. The Bertz CT molecular complexity index is 826. The van der Waals surface area contributed by atoms with Gasteiger partial charge in [0.15, 0.2) is 0 Å². The minimum atomic E-state index is -0.443. The van der Waals surface area contributed by atoms with Crippen molar-refractivity contribution in [3.05, 3.63) is 59.5 Å². The Morgan fingerprint density at radius 3 is 2.46 bits per heavy atom. The van der Waals surface area contributed by atoms with E-state index >= 15 is 0 Å². The van der Waals surface area contributed by atoms with E-state index in [0.717, 1.165) is 21.8 Å².